The lowest BCUT2D eigenvalue weighted by atomic mass is 9.97. The highest BCUT2D eigenvalue weighted by Crippen LogP contribution is 2.23. The van der Waals surface area contributed by atoms with Crippen LogP contribution in [0.3, 0.4) is 0 Å². The van der Waals surface area contributed by atoms with Crippen LogP contribution in [0.5, 0.6) is 0 Å². The maximum Gasteiger partial charge on any atom is 0.200 e. The van der Waals surface area contributed by atoms with Gasteiger partial charge in [-0.3, -0.25) is 0 Å². The zero-order valence-electron chi connectivity index (χ0n) is 16.4. The lowest BCUT2D eigenvalue weighted by molar-refractivity contribution is -0.248. The van der Waals surface area contributed by atoms with E-state index in [0.29, 0.717) is 0 Å². The number of aliphatic imine (C=N–C) groups is 1. The van der Waals surface area contributed by atoms with E-state index < -0.39 is 37.3 Å². The van der Waals surface area contributed by atoms with E-state index in [1.165, 1.54) is 0 Å². The number of hydrogen-bond acceptors (Lipinski definition) is 6. The van der Waals surface area contributed by atoms with Crippen molar-refractivity contribution in [1.29, 1.82) is 0 Å². The minimum Gasteiger partial charge on any atom is -0.394 e. The number of hydrogen-bond donors (Lipinski definition) is 6. The van der Waals surface area contributed by atoms with Crippen LogP contribution >= 0.6 is 0 Å². The molecule has 0 radical (unpaired) electrons. The second kappa shape index (κ2) is 9.34. The molecule has 1 fully saturated rings. The molecule has 156 valence electrons. The van der Waals surface area contributed by atoms with Crippen molar-refractivity contribution in [2.45, 2.75) is 44.5 Å². The number of ether oxygens (including phenoxy) is 1. The van der Waals surface area contributed by atoms with Gasteiger partial charge in [-0.1, -0.05) is 35.4 Å². The van der Waals surface area contributed by atoms with Gasteiger partial charge in [0.1, 0.15) is 24.4 Å². The fourth-order valence-corrected chi connectivity index (χ4v) is 3.01. The SMILES string of the molecule is Cc1ccc(NC(=N[C@@H]2[C@@H](O)[C@H](O)[C@@H](CO)O[C@H]2O)Nc2ccc(C)cc2)cc1. The summed E-state index contributed by atoms with van der Waals surface area (Å²) in [6, 6.07) is 14.1. The monoisotopic (exact) mass is 401 g/mol. The molecule has 0 aliphatic carbocycles. The third-order valence-electron chi connectivity index (χ3n) is 4.77. The molecule has 0 bridgehead atoms. The molecular formula is C21H27N3O5. The van der Waals surface area contributed by atoms with Crippen LogP contribution in [0, 0.1) is 13.8 Å². The normalized spacial score (nSPS) is 26.6. The Kier molecular flexibility index (Phi) is 6.83. The van der Waals surface area contributed by atoms with Gasteiger partial charge in [-0.25, -0.2) is 4.99 Å². The van der Waals surface area contributed by atoms with E-state index in [1.807, 2.05) is 62.4 Å². The van der Waals surface area contributed by atoms with Gasteiger partial charge >= 0.3 is 0 Å². The molecule has 5 atom stereocenters. The van der Waals surface area contributed by atoms with E-state index in [9.17, 15) is 20.4 Å². The van der Waals surface area contributed by atoms with Crippen LogP contribution in [0.15, 0.2) is 53.5 Å². The van der Waals surface area contributed by atoms with E-state index in [1.54, 1.807) is 0 Å². The van der Waals surface area contributed by atoms with E-state index >= 15 is 0 Å². The van der Waals surface area contributed by atoms with Gasteiger partial charge in [0.25, 0.3) is 0 Å². The minimum absolute atomic E-state index is 0.263. The zero-order valence-corrected chi connectivity index (χ0v) is 16.4. The molecule has 0 aromatic heterocycles. The van der Waals surface area contributed by atoms with Crippen molar-refractivity contribution >= 4 is 17.3 Å². The molecule has 2 aromatic rings. The summed E-state index contributed by atoms with van der Waals surface area (Å²) in [5.41, 5.74) is 3.71. The summed E-state index contributed by atoms with van der Waals surface area (Å²) in [5, 5.41) is 46.3. The average molecular weight is 401 g/mol. The Labute approximate surface area is 169 Å². The maximum absolute atomic E-state index is 10.4. The Bertz CT molecular complexity index is 776. The van der Waals surface area contributed by atoms with Crippen LogP contribution in [0.2, 0.25) is 0 Å². The molecule has 0 unspecified atom stereocenters. The molecule has 6 N–H and O–H groups in total. The van der Waals surface area contributed by atoms with Gasteiger partial charge < -0.3 is 35.8 Å². The fourth-order valence-electron chi connectivity index (χ4n) is 3.01. The standard InChI is InChI=1S/C21H27N3O5/c1-12-3-7-14(8-4-12)22-21(23-15-9-5-13(2)6-10-15)24-17-19(27)18(26)16(11-25)29-20(17)28/h3-10,16-20,25-28H,11H2,1-2H3,(H2,22,23,24)/t16-,17-,18-,19-,20-/m1/s1. The summed E-state index contributed by atoms with van der Waals surface area (Å²) in [7, 11) is 0. The van der Waals surface area contributed by atoms with Crippen molar-refractivity contribution in [3.05, 3.63) is 59.7 Å². The molecule has 1 aliphatic heterocycles. The van der Waals surface area contributed by atoms with Crippen LogP contribution in [0.25, 0.3) is 0 Å². The first-order chi connectivity index (χ1) is 13.9. The van der Waals surface area contributed by atoms with Gasteiger partial charge in [0, 0.05) is 11.4 Å². The molecule has 3 rings (SSSR count). The van der Waals surface area contributed by atoms with Gasteiger partial charge in [-0.15, -0.1) is 0 Å². The van der Waals surface area contributed by atoms with Crippen LogP contribution < -0.4 is 10.6 Å². The number of anilines is 2. The lowest BCUT2D eigenvalue weighted by Gasteiger charge is -2.38. The van der Waals surface area contributed by atoms with Gasteiger partial charge in [0.05, 0.1) is 6.61 Å². The predicted molar refractivity (Wildman–Crippen MR) is 111 cm³/mol. The number of rotatable bonds is 4. The van der Waals surface area contributed by atoms with E-state index in [2.05, 4.69) is 15.6 Å². The third kappa shape index (κ3) is 5.31. The average Bonchev–Trinajstić information content (AvgIpc) is 2.71. The molecule has 1 heterocycles. The number of aliphatic hydroxyl groups excluding tert-OH is 4. The van der Waals surface area contributed by atoms with E-state index in [4.69, 9.17) is 4.74 Å². The van der Waals surface area contributed by atoms with Crippen molar-refractivity contribution in [1.82, 2.24) is 0 Å². The molecule has 1 saturated heterocycles. The molecule has 8 nitrogen and oxygen atoms in total. The van der Waals surface area contributed by atoms with E-state index in [0.717, 1.165) is 22.5 Å². The highest BCUT2D eigenvalue weighted by Gasteiger charge is 2.43. The number of aliphatic hydroxyl groups is 4. The maximum atomic E-state index is 10.4. The summed E-state index contributed by atoms with van der Waals surface area (Å²) >= 11 is 0. The Hall–Kier alpha value is -2.49. The topological polar surface area (TPSA) is 127 Å². The highest BCUT2D eigenvalue weighted by atomic mass is 16.6. The lowest BCUT2D eigenvalue weighted by Crippen LogP contribution is -2.58. The number of aryl methyl sites for hydroxylation is 2. The largest absolute Gasteiger partial charge is 0.394 e. The van der Waals surface area contributed by atoms with Gasteiger partial charge in [-0.2, -0.15) is 0 Å². The van der Waals surface area contributed by atoms with Crippen molar-refractivity contribution in [2.24, 2.45) is 4.99 Å². The molecule has 0 saturated carbocycles. The fraction of sp³-hybridized carbons (Fsp3) is 0.381. The first kappa shape index (κ1) is 21.2. The number of nitrogens with one attached hydrogen (secondary N) is 2. The second-order valence-electron chi connectivity index (χ2n) is 7.18. The molecule has 1 aliphatic rings. The Morgan fingerprint density at radius 1 is 0.862 bits per heavy atom. The van der Waals surface area contributed by atoms with Crippen molar-refractivity contribution in [3.63, 3.8) is 0 Å². The summed E-state index contributed by atoms with van der Waals surface area (Å²) in [6.07, 6.45) is -5.35. The van der Waals surface area contributed by atoms with Crippen LogP contribution in [-0.2, 0) is 4.74 Å². The molecule has 8 heteroatoms. The Balaban J connectivity index is 1.88. The first-order valence-corrected chi connectivity index (χ1v) is 9.43. The molecule has 2 aromatic carbocycles. The van der Waals surface area contributed by atoms with Crippen LogP contribution in [-0.4, -0.2) is 63.6 Å². The van der Waals surface area contributed by atoms with Gasteiger partial charge in [-0.05, 0) is 38.1 Å². The molecule has 0 spiro atoms. The Morgan fingerprint density at radius 2 is 1.34 bits per heavy atom. The summed E-state index contributed by atoms with van der Waals surface area (Å²) < 4.78 is 5.20. The number of benzene rings is 2. The summed E-state index contributed by atoms with van der Waals surface area (Å²) in [6.45, 7) is 3.44. The van der Waals surface area contributed by atoms with Crippen molar-refractivity contribution in [2.75, 3.05) is 17.2 Å². The van der Waals surface area contributed by atoms with Crippen LogP contribution in [0.4, 0.5) is 11.4 Å². The molecule has 29 heavy (non-hydrogen) atoms. The van der Waals surface area contributed by atoms with Crippen molar-refractivity contribution in [3.8, 4) is 0 Å². The number of nitrogens with zero attached hydrogens (tertiary/aromatic N) is 1. The summed E-state index contributed by atoms with van der Waals surface area (Å²) in [5.74, 6) is 0.263. The number of guanidine groups is 1. The second-order valence-corrected chi connectivity index (χ2v) is 7.18. The molecule has 0 amide bonds. The highest BCUT2D eigenvalue weighted by molar-refractivity contribution is 6.03. The van der Waals surface area contributed by atoms with Crippen LogP contribution in [0.1, 0.15) is 11.1 Å². The van der Waals surface area contributed by atoms with E-state index in [-0.39, 0.29) is 5.96 Å². The predicted octanol–water partition coefficient (Wildman–Crippen LogP) is 0.983. The molecular weight excluding hydrogens is 374 g/mol. The minimum atomic E-state index is -1.49. The van der Waals surface area contributed by atoms with Gasteiger partial charge in [0.2, 0.25) is 5.96 Å². The van der Waals surface area contributed by atoms with Crippen molar-refractivity contribution < 1.29 is 25.2 Å². The first-order valence-electron chi connectivity index (χ1n) is 9.43. The Morgan fingerprint density at radius 3 is 1.79 bits per heavy atom. The third-order valence-corrected chi connectivity index (χ3v) is 4.77. The van der Waals surface area contributed by atoms with Gasteiger partial charge in [0.15, 0.2) is 6.29 Å². The summed E-state index contributed by atoms with van der Waals surface area (Å²) in [4.78, 5) is 4.38. The zero-order chi connectivity index (χ0) is 21.0. The quantitative estimate of drug-likeness (QED) is 0.333. The smallest absolute Gasteiger partial charge is 0.200 e.